The van der Waals surface area contributed by atoms with Crippen molar-refractivity contribution in [1.82, 2.24) is 4.98 Å². The van der Waals surface area contributed by atoms with Gasteiger partial charge in [0.15, 0.2) is 0 Å². The Morgan fingerprint density at radius 3 is 2.59 bits per heavy atom. The summed E-state index contributed by atoms with van der Waals surface area (Å²) in [6, 6.07) is 23.3. The third kappa shape index (κ3) is 2.10. The number of H-pyrrole nitrogens is 1. The van der Waals surface area contributed by atoms with Gasteiger partial charge in [0.25, 0.3) is 0 Å². The quantitative estimate of drug-likeness (QED) is 0.411. The number of hydrogen-bond acceptors (Lipinski definition) is 1. The molecule has 0 amide bonds. The van der Waals surface area contributed by atoms with Gasteiger partial charge in [-0.05, 0) is 41.0 Å². The monoisotopic (exact) mass is 344 g/mol. The highest BCUT2D eigenvalue weighted by Crippen LogP contribution is 2.39. The number of nitrogens with zero attached hydrogens (tertiary/aromatic N) is 1. The van der Waals surface area contributed by atoms with E-state index >= 15 is 0 Å². The lowest BCUT2D eigenvalue weighted by Gasteiger charge is -2.11. The zero-order valence-corrected chi connectivity index (χ0v) is 14.6. The number of fused-ring (bicyclic) bond motifs is 6. The SMILES string of the molecule is C1=CC(=Nc2cccc3c2[nH]c2ccccc23)C2=Cc3ccccc3C2=C1. The van der Waals surface area contributed by atoms with Crippen LogP contribution in [0.15, 0.2) is 95.5 Å². The maximum Gasteiger partial charge on any atom is 0.0878 e. The highest BCUT2D eigenvalue weighted by molar-refractivity contribution is 6.27. The molecule has 6 rings (SSSR count). The molecular formula is C25H16N2. The van der Waals surface area contributed by atoms with Gasteiger partial charge in [0.1, 0.15) is 0 Å². The van der Waals surface area contributed by atoms with Gasteiger partial charge in [0.05, 0.1) is 16.9 Å². The van der Waals surface area contributed by atoms with Crippen molar-refractivity contribution in [2.75, 3.05) is 0 Å². The molecule has 0 bridgehead atoms. The Bertz CT molecular complexity index is 1360. The molecule has 1 aromatic heterocycles. The van der Waals surface area contributed by atoms with E-state index in [4.69, 9.17) is 4.99 Å². The zero-order chi connectivity index (χ0) is 17.8. The molecule has 27 heavy (non-hydrogen) atoms. The second-order valence-corrected chi connectivity index (χ2v) is 6.95. The molecule has 0 saturated heterocycles. The molecule has 3 aromatic carbocycles. The van der Waals surface area contributed by atoms with E-state index in [9.17, 15) is 0 Å². The van der Waals surface area contributed by atoms with E-state index in [1.165, 1.54) is 33.0 Å². The molecule has 1 heterocycles. The van der Waals surface area contributed by atoms with Crippen molar-refractivity contribution in [3.05, 3.63) is 102 Å². The van der Waals surface area contributed by atoms with Crippen molar-refractivity contribution >= 4 is 44.9 Å². The Morgan fingerprint density at radius 1 is 0.741 bits per heavy atom. The number of allylic oxidation sites excluding steroid dienone is 5. The number of hydrogen-bond donors (Lipinski definition) is 1. The zero-order valence-electron chi connectivity index (χ0n) is 14.6. The van der Waals surface area contributed by atoms with Crippen molar-refractivity contribution < 1.29 is 0 Å². The Labute approximate surface area is 156 Å². The second kappa shape index (κ2) is 5.42. The van der Waals surface area contributed by atoms with Gasteiger partial charge in [-0.1, -0.05) is 66.7 Å². The molecule has 0 atom stereocenters. The predicted octanol–water partition coefficient (Wildman–Crippen LogP) is 6.44. The fraction of sp³-hybridized carbons (Fsp3) is 0. The first kappa shape index (κ1) is 14.5. The molecule has 1 N–H and O–H groups in total. The van der Waals surface area contributed by atoms with Gasteiger partial charge in [-0.25, -0.2) is 4.99 Å². The lowest BCUT2D eigenvalue weighted by molar-refractivity contribution is 1.48. The van der Waals surface area contributed by atoms with E-state index in [-0.39, 0.29) is 0 Å². The summed E-state index contributed by atoms with van der Waals surface area (Å²) in [6.45, 7) is 0. The molecule has 0 aliphatic heterocycles. The lowest BCUT2D eigenvalue weighted by atomic mass is 9.95. The van der Waals surface area contributed by atoms with Crippen LogP contribution < -0.4 is 0 Å². The summed E-state index contributed by atoms with van der Waals surface area (Å²) in [5.41, 5.74) is 9.23. The van der Waals surface area contributed by atoms with Gasteiger partial charge in [-0.15, -0.1) is 0 Å². The third-order valence-corrected chi connectivity index (χ3v) is 5.39. The second-order valence-electron chi connectivity index (χ2n) is 6.95. The van der Waals surface area contributed by atoms with E-state index in [1.54, 1.807) is 0 Å². The molecule has 126 valence electrons. The van der Waals surface area contributed by atoms with Crippen molar-refractivity contribution in [3.8, 4) is 0 Å². The number of aromatic amines is 1. The number of nitrogens with one attached hydrogen (secondary N) is 1. The smallest absolute Gasteiger partial charge is 0.0878 e. The summed E-state index contributed by atoms with van der Waals surface area (Å²) >= 11 is 0. The fourth-order valence-corrected chi connectivity index (χ4v) is 4.14. The highest BCUT2D eigenvalue weighted by Gasteiger charge is 2.23. The summed E-state index contributed by atoms with van der Waals surface area (Å²) in [7, 11) is 0. The molecule has 0 unspecified atom stereocenters. The predicted molar refractivity (Wildman–Crippen MR) is 114 cm³/mol. The van der Waals surface area contributed by atoms with Gasteiger partial charge in [-0.3, -0.25) is 0 Å². The summed E-state index contributed by atoms with van der Waals surface area (Å²) in [5.74, 6) is 0. The Morgan fingerprint density at radius 2 is 1.59 bits per heavy atom. The summed E-state index contributed by atoms with van der Waals surface area (Å²) in [5, 5.41) is 2.45. The van der Waals surface area contributed by atoms with Crippen molar-refractivity contribution in [1.29, 1.82) is 0 Å². The van der Waals surface area contributed by atoms with Crippen LogP contribution in [0, 0.1) is 0 Å². The Balaban J connectivity index is 1.55. The standard InChI is InChI=1S/C25H16N2/c1-2-8-17-16(7-1)15-21-18(17)10-5-13-23(21)26-24-14-6-11-20-19-9-3-4-12-22(19)27-25(20)24/h1-15,27H. The van der Waals surface area contributed by atoms with Crippen LogP contribution in [-0.2, 0) is 0 Å². The maximum absolute atomic E-state index is 5.06. The first-order chi connectivity index (χ1) is 13.4. The van der Waals surface area contributed by atoms with E-state index in [1.807, 2.05) is 0 Å². The molecule has 0 saturated carbocycles. The van der Waals surface area contributed by atoms with E-state index in [2.05, 4.69) is 96.0 Å². The molecule has 2 aliphatic carbocycles. The van der Waals surface area contributed by atoms with Crippen LogP contribution in [0.3, 0.4) is 0 Å². The molecule has 2 aliphatic rings. The lowest BCUT2D eigenvalue weighted by Crippen LogP contribution is -2.02. The number of benzene rings is 3. The number of rotatable bonds is 1. The molecule has 2 heteroatoms. The average molecular weight is 344 g/mol. The van der Waals surface area contributed by atoms with Crippen molar-refractivity contribution in [3.63, 3.8) is 0 Å². The number of para-hydroxylation sites is 2. The normalized spacial score (nSPS) is 16.5. The fourth-order valence-electron chi connectivity index (χ4n) is 4.14. The van der Waals surface area contributed by atoms with Crippen LogP contribution in [0.2, 0.25) is 0 Å². The first-order valence-electron chi connectivity index (χ1n) is 9.17. The van der Waals surface area contributed by atoms with Crippen LogP contribution in [0.25, 0.3) is 33.5 Å². The van der Waals surface area contributed by atoms with Gasteiger partial charge in [0.2, 0.25) is 0 Å². The Hall–Kier alpha value is -3.65. The number of aliphatic imine (C=N–C) groups is 1. The molecule has 0 fully saturated rings. The summed E-state index contributed by atoms with van der Waals surface area (Å²) < 4.78 is 0. The van der Waals surface area contributed by atoms with Gasteiger partial charge < -0.3 is 4.98 Å². The van der Waals surface area contributed by atoms with Gasteiger partial charge in [0, 0.05) is 21.9 Å². The molecule has 4 aromatic rings. The largest absolute Gasteiger partial charge is 0.353 e. The molecule has 0 radical (unpaired) electrons. The van der Waals surface area contributed by atoms with E-state index in [0.717, 1.165) is 22.4 Å². The highest BCUT2D eigenvalue weighted by atomic mass is 14.8. The van der Waals surface area contributed by atoms with Crippen LogP contribution in [-0.4, -0.2) is 10.7 Å². The number of aromatic nitrogens is 1. The summed E-state index contributed by atoms with van der Waals surface area (Å²) in [4.78, 5) is 8.60. The minimum Gasteiger partial charge on any atom is -0.353 e. The van der Waals surface area contributed by atoms with Crippen molar-refractivity contribution in [2.24, 2.45) is 4.99 Å². The van der Waals surface area contributed by atoms with Crippen LogP contribution in [0.5, 0.6) is 0 Å². The van der Waals surface area contributed by atoms with Crippen molar-refractivity contribution in [2.45, 2.75) is 0 Å². The Kier molecular flexibility index (Phi) is 2.91. The summed E-state index contributed by atoms with van der Waals surface area (Å²) in [6.07, 6.45) is 8.62. The first-order valence-corrected chi connectivity index (χ1v) is 9.17. The minimum atomic E-state index is 0.974. The molecule has 0 spiro atoms. The van der Waals surface area contributed by atoms with E-state index in [0.29, 0.717) is 0 Å². The topological polar surface area (TPSA) is 28.1 Å². The van der Waals surface area contributed by atoms with Crippen LogP contribution in [0.1, 0.15) is 11.1 Å². The maximum atomic E-state index is 5.06. The minimum absolute atomic E-state index is 0.974. The van der Waals surface area contributed by atoms with Crippen LogP contribution >= 0.6 is 0 Å². The third-order valence-electron chi connectivity index (χ3n) is 5.39. The average Bonchev–Trinajstić information content (AvgIpc) is 3.28. The van der Waals surface area contributed by atoms with Crippen LogP contribution in [0.4, 0.5) is 5.69 Å². The van der Waals surface area contributed by atoms with Gasteiger partial charge >= 0.3 is 0 Å². The van der Waals surface area contributed by atoms with Gasteiger partial charge in [-0.2, -0.15) is 0 Å². The molecular weight excluding hydrogens is 328 g/mol. The van der Waals surface area contributed by atoms with E-state index < -0.39 is 0 Å². The molecule has 2 nitrogen and oxygen atoms in total.